The molecule has 0 saturated carbocycles. The van der Waals surface area contributed by atoms with Crippen molar-refractivity contribution in [2.45, 2.75) is 64.3 Å². The first kappa shape index (κ1) is 21.6. The zero-order valence-electron chi connectivity index (χ0n) is 18.2. The molecule has 3 aromatic rings. The average molecular weight is 445 g/mol. The summed E-state index contributed by atoms with van der Waals surface area (Å²) >= 11 is 0. The van der Waals surface area contributed by atoms with Crippen LogP contribution in [-0.4, -0.2) is 50.5 Å². The van der Waals surface area contributed by atoms with Gasteiger partial charge in [0.15, 0.2) is 5.52 Å². The first-order chi connectivity index (χ1) is 14.9. The van der Waals surface area contributed by atoms with E-state index >= 15 is 0 Å². The molecule has 0 amide bonds. The third kappa shape index (κ3) is 3.89. The Kier molecular flexibility index (Phi) is 5.94. The van der Waals surface area contributed by atoms with Gasteiger partial charge in [-0.25, -0.2) is 13.4 Å². The fraction of sp³-hybridized carbons (Fsp3) is 0.524. The highest BCUT2D eigenvalue weighted by Gasteiger charge is 2.27. The Morgan fingerprint density at radius 2 is 1.87 bits per heavy atom. The molecule has 0 aliphatic carbocycles. The molecule has 0 radical (unpaired) electrons. The summed E-state index contributed by atoms with van der Waals surface area (Å²) in [7, 11) is -3.64. The molecule has 0 spiro atoms. The van der Waals surface area contributed by atoms with E-state index in [0.717, 1.165) is 31.4 Å². The van der Waals surface area contributed by atoms with Gasteiger partial charge in [0.25, 0.3) is 5.56 Å². The summed E-state index contributed by atoms with van der Waals surface area (Å²) in [6.07, 6.45) is 5.73. The summed E-state index contributed by atoms with van der Waals surface area (Å²) in [6, 6.07) is 1.57. The van der Waals surface area contributed by atoms with Crippen molar-refractivity contribution >= 4 is 21.1 Å². The van der Waals surface area contributed by atoms with E-state index in [2.05, 4.69) is 27.0 Å². The van der Waals surface area contributed by atoms with Crippen LogP contribution < -0.4 is 5.56 Å². The Labute approximate surface area is 181 Å². The van der Waals surface area contributed by atoms with E-state index in [1.54, 1.807) is 13.0 Å². The normalized spacial score (nSPS) is 15.6. The number of aromatic amines is 1. The molecule has 31 heavy (non-hydrogen) atoms. The van der Waals surface area contributed by atoms with Crippen molar-refractivity contribution in [3.05, 3.63) is 34.0 Å². The number of H-pyrrole nitrogens is 1. The van der Waals surface area contributed by atoms with Crippen molar-refractivity contribution in [1.29, 1.82) is 0 Å². The van der Waals surface area contributed by atoms with Gasteiger partial charge in [0.1, 0.15) is 16.2 Å². The molecule has 0 bridgehead atoms. The Morgan fingerprint density at radius 3 is 2.55 bits per heavy atom. The smallest absolute Gasteiger partial charge is 0.279 e. The number of pyridine rings is 1. The Hall–Kier alpha value is -2.59. The number of aromatic nitrogens is 5. The molecule has 4 rings (SSSR count). The molecule has 0 aromatic carbocycles. The third-order valence-electron chi connectivity index (χ3n) is 5.74. The fourth-order valence-corrected chi connectivity index (χ4v) is 5.58. The van der Waals surface area contributed by atoms with E-state index in [1.165, 1.54) is 10.5 Å². The second-order valence-electron chi connectivity index (χ2n) is 7.90. The van der Waals surface area contributed by atoms with Crippen LogP contribution in [0.25, 0.3) is 22.4 Å². The second kappa shape index (κ2) is 8.51. The standard InChI is InChI=1S/C21H28N6O3S/c1-4-9-27-17(5-2)18-19(25-27)21(28)24-20(23-18)16-12-15(13-22-14(16)3)31(29,30)26-10-7-6-8-11-26/h12-13H,4-11H2,1-3H3,(H,23,24,28). The fourth-order valence-electron chi connectivity index (χ4n) is 4.09. The van der Waals surface area contributed by atoms with Crippen molar-refractivity contribution in [3.63, 3.8) is 0 Å². The first-order valence-corrected chi connectivity index (χ1v) is 12.3. The van der Waals surface area contributed by atoms with Crippen molar-refractivity contribution in [2.24, 2.45) is 0 Å². The van der Waals surface area contributed by atoms with Crippen LogP contribution in [0, 0.1) is 6.92 Å². The Bertz CT molecular complexity index is 1270. The van der Waals surface area contributed by atoms with E-state index in [9.17, 15) is 13.2 Å². The number of nitrogens with one attached hydrogen (secondary N) is 1. The van der Waals surface area contributed by atoms with Gasteiger partial charge in [0.2, 0.25) is 10.0 Å². The first-order valence-electron chi connectivity index (χ1n) is 10.8. The van der Waals surface area contributed by atoms with Crippen molar-refractivity contribution in [1.82, 2.24) is 29.0 Å². The van der Waals surface area contributed by atoms with Crippen LogP contribution in [0.1, 0.15) is 50.9 Å². The molecule has 1 saturated heterocycles. The van der Waals surface area contributed by atoms with Crippen LogP contribution in [0.2, 0.25) is 0 Å². The number of aryl methyl sites for hydroxylation is 3. The molecule has 1 N–H and O–H groups in total. The zero-order valence-corrected chi connectivity index (χ0v) is 19.0. The molecule has 10 heteroatoms. The highest BCUT2D eigenvalue weighted by Crippen LogP contribution is 2.26. The summed E-state index contributed by atoms with van der Waals surface area (Å²) in [4.78, 5) is 24.7. The Balaban J connectivity index is 1.84. The molecular formula is C21H28N6O3S. The largest absolute Gasteiger partial charge is 0.305 e. The van der Waals surface area contributed by atoms with E-state index in [0.29, 0.717) is 54.2 Å². The van der Waals surface area contributed by atoms with Gasteiger partial charge in [-0.1, -0.05) is 20.3 Å². The quantitative estimate of drug-likeness (QED) is 0.625. The molecule has 1 fully saturated rings. The van der Waals surface area contributed by atoms with Gasteiger partial charge >= 0.3 is 0 Å². The number of rotatable bonds is 6. The number of piperidine rings is 1. The minimum Gasteiger partial charge on any atom is -0.305 e. The molecular weight excluding hydrogens is 416 g/mol. The van der Waals surface area contributed by atoms with Gasteiger partial charge < -0.3 is 4.98 Å². The maximum absolute atomic E-state index is 13.1. The van der Waals surface area contributed by atoms with E-state index in [-0.39, 0.29) is 10.5 Å². The third-order valence-corrected chi connectivity index (χ3v) is 7.60. The van der Waals surface area contributed by atoms with Gasteiger partial charge in [-0.15, -0.1) is 0 Å². The van der Waals surface area contributed by atoms with E-state index < -0.39 is 10.0 Å². The Morgan fingerprint density at radius 1 is 1.13 bits per heavy atom. The van der Waals surface area contributed by atoms with Gasteiger partial charge in [-0.3, -0.25) is 14.5 Å². The highest BCUT2D eigenvalue weighted by atomic mass is 32.2. The number of hydrogen-bond donors (Lipinski definition) is 1. The number of hydrogen-bond acceptors (Lipinski definition) is 6. The molecule has 1 aliphatic heterocycles. The topological polar surface area (TPSA) is 114 Å². The van der Waals surface area contributed by atoms with Gasteiger partial charge in [-0.2, -0.15) is 9.40 Å². The van der Waals surface area contributed by atoms with E-state index in [1.807, 2.05) is 11.6 Å². The predicted molar refractivity (Wildman–Crippen MR) is 118 cm³/mol. The van der Waals surface area contributed by atoms with Crippen molar-refractivity contribution in [2.75, 3.05) is 13.1 Å². The van der Waals surface area contributed by atoms with Gasteiger partial charge in [-0.05, 0) is 38.7 Å². The summed E-state index contributed by atoms with van der Waals surface area (Å²) in [6.45, 7) is 7.57. The lowest BCUT2D eigenvalue weighted by molar-refractivity contribution is 0.346. The minimum absolute atomic E-state index is 0.120. The maximum Gasteiger partial charge on any atom is 0.279 e. The summed E-state index contributed by atoms with van der Waals surface area (Å²) in [5.74, 6) is 0.309. The highest BCUT2D eigenvalue weighted by molar-refractivity contribution is 7.89. The molecule has 0 unspecified atom stereocenters. The molecule has 0 atom stereocenters. The summed E-state index contributed by atoms with van der Waals surface area (Å²) in [5.41, 5.74) is 2.51. The molecule has 166 valence electrons. The SMILES string of the molecule is CCCn1nc2c(=O)[nH]c(-c3cc(S(=O)(=O)N4CCCCC4)cnc3C)nc2c1CC. The number of fused-ring (bicyclic) bond motifs is 1. The van der Waals surface area contributed by atoms with Crippen LogP contribution in [-0.2, 0) is 23.0 Å². The molecule has 4 heterocycles. The van der Waals surface area contributed by atoms with Crippen LogP contribution in [0.3, 0.4) is 0 Å². The maximum atomic E-state index is 13.1. The lowest BCUT2D eigenvalue weighted by Crippen LogP contribution is -2.35. The lowest BCUT2D eigenvalue weighted by atomic mass is 10.2. The second-order valence-corrected chi connectivity index (χ2v) is 9.84. The lowest BCUT2D eigenvalue weighted by Gasteiger charge is -2.26. The van der Waals surface area contributed by atoms with E-state index in [4.69, 9.17) is 0 Å². The van der Waals surface area contributed by atoms with Crippen molar-refractivity contribution in [3.8, 4) is 11.4 Å². The summed E-state index contributed by atoms with van der Waals surface area (Å²) < 4.78 is 29.6. The number of sulfonamides is 1. The predicted octanol–water partition coefficient (Wildman–Crippen LogP) is 2.64. The summed E-state index contributed by atoms with van der Waals surface area (Å²) in [5, 5.41) is 4.44. The molecule has 1 aliphatic rings. The molecule has 3 aromatic heterocycles. The van der Waals surface area contributed by atoms with Crippen LogP contribution in [0.15, 0.2) is 22.0 Å². The number of nitrogens with zero attached hydrogens (tertiary/aromatic N) is 5. The molecule has 9 nitrogen and oxygen atoms in total. The van der Waals surface area contributed by atoms with Crippen LogP contribution >= 0.6 is 0 Å². The van der Waals surface area contributed by atoms with Crippen LogP contribution in [0.4, 0.5) is 0 Å². The van der Waals surface area contributed by atoms with Crippen molar-refractivity contribution < 1.29 is 8.42 Å². The van der Waals surface area contributed by atoms with Crippen LogP contribution in [0.5, 0.6) is 0 Å². The minimum atomic E-state index is -3.64. The van der Waals surface area contributed by atoms with Gasteiger partial charge in [0.05, 0.1) is 5.69 Å². The monoisotopic (exact) mass is 444 g/mol. The zero-order chi connectivity index (χ0) is 22.2. The van der Waals surface area contributed by atoms with Gasteiger partial charge in [0, 0.05) is 37.1 Å². The average Bonchev–Trinajstić information content (AvgIpc) is 3.12.